The van der Waals surface area contributed by atoms with Gasteiger partial charge < -0.3 is 35.6 Å². The van der Waals surface area contributed by atoms with Crippen LogP contribution in [0.4, 0.5) is 0 Å². The molecule has 5 N–H and O–H groups in total. The van der Waals surface area contributed by atoms with Gasteiger partial charge in [-0.05, 0) is 30.5 Å². The summed E-state index contributed by atoms with van der Waals surface area (Å²) >= 11 is 0. The van der Waals surface area contributed by atoms with Crippen molar-refractivity contribution >= 4 is 23.5 Å². The fraction of sp³-hybridized carbons (Fsp3) is 0.448. The zero-order chi connectivity index (χ0) is 29.4. The number of hydrogen-bond acceptors (Lipinski definition) is 9. The van der Waals surface area contributed by atoms with Crippen molar-refractivity contribution in [2.75, 3.05) is 39.5 Å². The molecule has 4 rings (SSSR count). The molecule has 0 spiro atoms. The number of ether oxygens (including phenoxy) is 2. The van der Waals surface area contributed by atoms with Gasteiger partial charge in [-0.1, -0.05) is 36.4 Å². The fourth-order valence-corrected chi connectivity index (χ4v) is 4.55. The number of epoxide rings is 1. The Kier molecular flexibility index (Phi) is 10.3. The highest BCUT2D eigenvalue weighted by atomic mass is 16.6. The van der Waals surface area contributed by atoms with E-state index in [4.69, 9.17) is 9.47 Å². The van der Waals surface area contributed by atoms with Crippen molar-refractivity contribution in [3.63, 3.8) is 0 Å². The van der Waals surface area contributed by atoms with Gasteiger partial charge in [0.2, 0.25) is 17.7 Å². The summed E-state index contributed by atoms with van der Waals surface area (Å²) in [4.78, 5) is 54.1. The molecule has 0 radical (unpaired) electrons. The summed E-state index contributed by atoms with van der Waals surface area (Å²) in [6.45, 7) is 4.19. The van der Waals surface area contributed by atoms with Crippen molar-refractivity contribution in [2.24, 2.45) is 0 Å². The molecule has 2 aliphatic rings. The van der Waals surface area contributed by atoms with E-state index < -0.39 is 36.0 Å². The number of benzene rings is 2. The first-order valence-corrected chi connectivity index (χ1v) is 13.6. The van der Waals surface area contributed by atoms with E-state index in [0.29, 0.717) is 31.9 Å². The monoisotopic (exact) mass is 568 g/mol. The first-order valence-electron chi connectivity index (χ1n) is 13.6. The maximum Gasteiger partial charge on any atom is 0.243 e. The summed E-state index contributed by atoms with van der Waals surface area (Å²) in [6, 6.07) is 10.0. The molecule has 0 unspecified atom stereocenters. The van der Waals surface area contributed by atoms with E-state index in [-0.39, 0.29) is 49.2 Å². The van der Waals surface area contributed by atoms with Gasteiger partial charge in [-0.2, -0.15) is 0 Å². The lowest BCUT2D eigenvalue weighted by molar-refractivity contribution is -0.133. The highest BCUT2D eigenvalue weighted by Crippen LogP contribution is 2.24. The van der Waals surface area contributed by atoms with Crippen molar-refractivity contribution in [1.82, 2.24) is 20.9 Å². The maximum atomic E-state index is 13.6. The first-order chi connectivity index (χ1) is 19.7. The van der Waals surface area contributed by atoms with Crippen LogP contribution in [-0.2, 0) is 41.5 Å². The number of ketones is 1. The van der Waals surface area contributed by atoms with Crippen LogP contribution in [0.5, 0.6) is 11.5 Å². The van der Waals surface area contributed by atoms with Crippen LogP contribution in [0, 0.1) is 0 Å². The molecular formula is C29H36N4O8. The SMILES string of the molecule is C[C@H](NC(=O)CN1CCOCC1)C(=O)N[C@@H](Cc1ccc(O)cc1O)C(=O)N[C@@H](Cc1ccccc1)C(=O)[C@H]1CO1. The number of amides is 3. The highest BCUT2D eigenvalue weighted by molar-refractivity contribution is 5.96. The first kappa shape index (κ1) is 30.0. The quantitative estimate of drug-likeness (QED) is 0.203. The van der Waals surface area contributed by atoms with Gasteiger partial charge in [0.15, 0.2) is 5.78 Å². The van der Waals surface area contributed by atoms with Gasteiger partial charge in [0.1, 0.15) is 29.7 Å². The Morgan fingerprint density at radius 1 is 0.927 bits per heavy atom. The van der Waals surface area contributed by atoms with E-state index >= 15 is 0 Å². The van der Waals surface area contributed by atoms with E-state index in [1.807, 2.05) is 35.2 Å². The minimum atomic E-state index is -1.21. The van der Waals surface area contributed by atoms with Crippen LogP contribution in [-0.4, -0.2) is 102 Å². The number of rotatable bonds is 13. The molecule has 4 atom stereocenters. The second-order valence-corrected chi connectivity index (χ2v) is 10.2. The van der Waals surface area contributed by atoms with Crippen molar-refractivity contribution in [2.45, 2.75) is 44.0 Å². The van der Waals surface area contributed by atoms with E-state index in [0.717, 1.165) is 11.6 Å². The molecular weight excluding hydrogens is 532 g/mol. The van der Waals surface area contributed by atoms with Gasteiger partial charge in [0, 0.05) is 25.6 Å². The molecule has 2 aromatic carbocycles. The number of nitrogens with one attached hydrogen (secondary N) is 3. The molecule has 0 saturated carbocycles. The molecule has 12 heteroatoms. The number of morpholine rings is 1. The standard InChI is InChI=1S/C29H36N4O8/c1-18(30-26(36)16-33-9-11-40-12-10-33)28(38)32-23(14-20-7-8-21(34)15-24(20)35)29(39)31-22(27(37)25-17-41-25)13-19-5-3-2-4-6-19/h2-8,15,18,22-23,25,34-35H,9-14,16-17H2,1H3,(H,30,36)(H,31,39)(H,32,38)/t18-,22-,23-,25+/m0/s1. The van der Waals surface area contributed by atoms with Crippen LogP contribution in [0.1, 0.15) is 18.1 Å². The third-order valence-corrected chi connectivity index (χ3v) is 6.96. The molecule has 2 aliphatic heterocycles. The van der Waals surface area contributed by atoms with Crippen molar-refractivity contribution < 1.29 is 38.9 Å². The number of Topliss-reactive ketones (excluding diaryl/α,β-unsaturated/α-hetero) is 1. The van der Waals surface area contributed by atoms with Crippen LogP contribution < -0.4 is 16.0 Å². The minimum Gasteiger partial charge on any atom is -0.508 e. The predicted molar refractivity (Wildman–Crippen MR) is 147 cm³/mol. The lowest BCUT2D eigenvalue weighted by atomic mass is 9.99. The molecule has 220 valence electrons. The number of phenols is 2. The molecule has 12 nitrogen and oxygen atoms in total. The molecule has 3 amide bonds. The topological polar surface area (TPSA) is 170 Å². The smallest absolute Gasteiger partial charge is 0.243 e. The lowest BCUT2D eigenvalue weighted by Crippen LogP contribution is -2.57. The molecule has 2 aromatic rings. The Morgan fingerprint density at radius 3 is 2.27 bits per heavy atom. The second kappa shape index (κ2) is 14.1. The molecule has 0 bridgehead atoms. The number of hydrogen-bond donors (Lipinski definition) is 5. The van der Waals surface area contributed by atoms with Gasteiger partial charge in [-0.25, -0.2) is 0 Å². The van der Waals surface area contributed by atoms with Crippen LogP contribution in [0.25, 0.3) is 0 Å². The van der Waals surface area contributed by atoms with Crippen molar-refractivity contribution in [1.29, 1.82) is 0 Å². The number of aromatic hydroxyl groups is 2. The van der Waals surface area contributed by atoms with E-state index in [1.165, 1.54) is 19.1 Å². The zero-order valence-corrected chi connectivity index (χ0v) is 22.9. The largest absolute Gasteiger partial charge is 0.508 e. The summed E-state index contributed by atoms with van der Waals surface area (Å²) in [6.07, 6.45) is -0.505. The fourth-order valence-electron chi connectivity index (χ4n) is 4.55. The summed E-state index contributed by atoms with van der Waals surface area (Å²) in [5, 5.41) is 28.1. The number of phenolic OH excluding ortho intramolecular Hbond substituents is 2. The van der Waals surface area contributed by atoms with Gasteiger partial charge in [-0.3, -0.25) is 24.1 Å². The Morgan fingerprint density at radius 2 is 1.61 bits per heavy atom. The van der Waals surface area contributed by atoms with Crippen LogP contribution >= 0.6 is 0 Å². The Labute approximate surface area is 238 Å². The normalized spacial score (nSPS) is 18.9. The molecule has 2 heterocycles. The summed E-state index contributed by atoms with van der Waals surface area (Å²) in [5.74, 6) is -2.30. The summed E-state index contributed by atoms with van der Waals surface area (Å²) in [7, 11) is 0. The summed E-state index contributed by atoms with van der Waals surface area (Å²) in [5.41, 5.74) is 1.13. The zero-order valence-electron chi connectivity index (χ0n) is 22.9. The molecule has 41 heavy (non-hydrogen) atoms. The molecule has 2 saturated heterocycles. The third-order valence-electron chi connectivity index (χ3n) is 6.96. The third kappa shape index (κ3) is 9.00. The van der Waals surface area contributed by atoms with Crippen molar-refractivity contribution in [3.05, 3.63) is 59.7 Å². The minimum absolute atomic E-state index is 0.110. The molecule has 0 aliphatic carbocycles. The average Bonchev–Trinajstić information content (AvgIpc) is 3.80. The Bertz CT molecular complexity index is 1230. The van der Waals surface area contributed by atoms with Gasteiger partial charge in [0.25, 0.3) is 0 Å². The highest BCUT2D eigenvalue weighted by Gasteiger charge is 2.38. The maximum absolute atomic E-state index is 13.6. The molecule has 2 fully saturated rings. The number of carbonyl (C=O) groups excluding carboxylic acids is 4. The van der Waals surface area contributed by atoms with Crippen LogP contribution in [0.15, 0.2) is 48.5 Å². The predicted octanol–water partition coefficient (Wildman–Crippen LogP) is -0.343. The lowest BCUT2D eigenvalue weighted by Gasteiger charge is -2.27. The van der Waals surface area contributed by atoms with E-state index in [2.05, 4.69) is 16.0 Å². The molecule has 0 aromatic heterocycles. The van der Waals surface area contributed by atoms with E-state index in [1.54, 1.807) is 0 Å². The van der Waals surface area contributed by atoms with Gasteiger partial charge >= 0.3 is 0 Å². The Hall–Kier alpha value is -4.00. The van der Waals surface area contributed by atoms with Crippen molar-refractivity contribution in [3.8, 4) is 11.5 Å². The van der Waals surface area contributed by atoms with Crippen LogP contribution in [0.3, 0.4) is 0 Å². The van der Waals surface area contributed by atoms with E-state index in [9.17, 15) is 29.4 Å². The number of carbonyl (C=O) groups is 4. The van der Waals surface area contributed by atoms with Crippen LogP contribution in [0.2, 0.25) is 0 Å². The summed E-state index contributed by atoms with van der Waals surface area (Å²) < 4.78 is 10.5. The second-order valence-electron chi connectivity index (χ2n) is 10.2. The van der Waals surface area contributed by atoms with Gasteiger partial charge in [-0.15, -0.1) is 0 Å². The number of nitrogens with zero attached hydrogens (tertiary/aromatic N) is 1. The average molecular weight is 569 g/mol. The Balaban J connectivity index is 1.46. The van der Waals surface area contributed by atoms with Gasteiger partial charge in [0.05, 0.1) is 32.4 Å².